The second-order valence-corrected chi connectivity index (χ2v) is 5.02. The van der Waals surface area contributed by atoms with Crippen LogP contribution in [-0.4, -0.2) is 11.0 Å². The highest BCUT2D eigenvalue weighted by Crippen LogP contribution is 2.11. The molecule has 1 aromatic heterocycles. The summed E-state index contributed by atoms with van der Waals surface area (Å²) < 4.78 is 17.8. The fourth-order valence-corrected chi connectivity index (χ4v) is 2.24. The molecule has 20 heavy (non-hydrogen) atoms. The highest BCUT2D eigenvalue weighted by Gasteiger charge is 2.03. The van der Waals surface area contributed by atoms with E-state index in [9.17, 15) is 9.18 Å². The maximum atomic E-state index is 12.7. The van der Waals surface area contributed by atoms with E-state index in [1.807, 2.05) is 12.3 Å². The van der Waals surface area contributed by atoms with Gasteiger partial charge in [-0.05, 0) is 30.2 Å². The molecule has 0 aliphatic carbocycles. The van der Waals surface area contributed by atoms with Crippen molar-refractivity contribution in [2.45, 2.75) is 20.0 Å². The molecule has 3 nitrogen and oxygen atoms in total. The summed E-state index contributed by atoms with van der Waals surface area (Å²) >= 11 is 1.56. The third kappa shape index (κ3) is 4.28. The molecule has 2 aromatic rings. The van der Waals surface area contributed by atoms with Crippen molar-refractivity contribution in [1.29, 1.82) is 0 Å². The number of aryl methyl sites for hydroxylation is 1. The zero-order valence-corrected chi connectivity index (χ0v) is 11.8. The van der Waals surface area contributed by atoms with Crippen molar-refractivity contribution >= 4 is 23.4 Å². The molecule has 0 saturated heterocycles. The molecule has 0 aliphatic heterocycles. The second-order valence-electron chi connectivity index (χ2n) is 4.08. The van der Waals surface area contributed by atoms with Crippen LogP contribution in [0.1, 0.15) is 23.2 Å². The summed E-state index contributed by atoms with van der Waals surface area (Å²) in [4.78, 5) is 15.8. The number of halogens is 1. The van der Waals surface area contributed by atoms with Crippen LogP contribution in [0.25, 0.3) is 6.08 Å². The van der Waals surface area contributed by atoms with Crippen LogP contribution in [0.3, 0.4) is 0 Å². The first-order valence-corrected chi connectivity index (χ1v) is 7.09. The Bertz CT molecular complexity index is 605. The molecule has 0 saturated carbocycles. The van der Waals surface area contributed by atoms with Crippen molar-refractivity contribution in [3.63, 3.8) is 0 Å². The third-order valence-electron chi connectivity index (χ3n) is 2.55. The molecule has 2 rings (SSSR count). The molecule has 0 fully saturated rings. The highest BCUT2D eigenvalue weighted by atomic mass is 32.1. The maximum absolute atomic E-state index is 12.7. The van der Waals surface area contributed by atoms with Crippen LogP contribution in [0.2, 0.25) is 0 Å². The van der Waals surface area contributed by atoms with Gasteiger partial charge in [0.15, 0.2) is 0 Å². The van der Waals surface area contributed by atoms with Crippen molar-refractivity contribution < 1.29 is 13.9 Å². The molecule has 0 aliphatic rings. The minimum Gasteiger partial charge on any atom is -0.456 e. The molecule has 0 spiro atoms. The average Bonchev–Trinajstić information content (AvgIpc) is 2.92. The van der Waals surface area contributed by atoms with E-state index in [0.29, 0.717) is 0 Å². The molecule has 0 atom stereocenters. The van der Waals surface area contributed by atoms with Crippen LogP contribution in [0.15, 0.2) is 35.7 Å². The molecule has 104 valence electrons. The molecule has 1 aromatic carbocycles. The number of aromatic nitrogens is 1. The first-order valence-electron chi connectivity index (χ1n) is 6.21. The van der Waals surface area contributed by atoms with E-state index in [4.69, 9.17) is 4.74 Å². The fraction of sp³-hybridized carbons (Fsp3) is 0.200. The fourth-order valence-electron chi connectivity index (χ4n) is 1.51. The SMILES string of the molecule is CCc1nc(COC(=O)/C=C/c2ccc(F)cc2)cs1. The smallest absolute Gasteiger partial charge is 0.331 e. The van der Waals surface area contributed by atoms with E-state index >= 15 is 0 Å². The Kier molecular flexibility index (Phi) is 5.01. The quantitative estimate of drug-likeness (QED) is 0.624. The standard InChI is InChI=1S/C15H14FNO2S/c1-2-14-17-13(10-20-14)9-19-15(18)8-5-11-3-6-12(16)7-4-11/h3-8,10H,2,9H2,1H3/b8-5+. The van der Waals surface area contributed by atoms with Crippen molar-refractivity contribution in [3.05, 3.63) is 57.8 Å². The van der Waals surface area contributed by atoms with Crippen molar-refractivity contribution in [2.24, 2.45) is 0 Å². The van der Waals surface area contributed by atoms with Gasteiger partial charge in [0.25, 0.3) is 0 Å². The lowest BCUT2D eigenvalue weighted by atomic mass is 10.2. The summed E-state index contributed by atoms with van der Waals surface area (Å²) in [6, 6.07) is 5.86. The van der Waals surface area contributed by atoms with Crippen LogP contribution in [0.4, 0.5) is 4.39 Å². The van der Waals surface area contributed by atoms with Gasteiger partial charge in [-0.25, -0.2) is 14.2 Å². The number of rotatable bonds is 5. The number of benzene rings is 1. The van der Waals surface area contributed by atoms with Gasteiger partial charge in [-0.2, -0.15) is 0 Å². The Morgan fingerprint density at radius 1 is 1.40 bits per heavy atom. The molecule has 5 heteroatoms. The predicted molar refractivity (Wildman–Crippen MR) is 76.7 cm³/mol. The monoisotopic (exact) mass is 291 g/mol. The van der Waals surface area contributed by atoms with E-state index in [1.165, 1.54) is 18.2 Å². The first-order chi connectivity index (χ1) is 9.67. The van der Waals surface area contributed by atoms with E-state index in [-0.39, 0.29) is 12.4 Å². The Hall–Kier alpha value is -2.01. The first kappa shape index (κ1) is 14.4. The molecule has 0 bridgehead atoms. The minimum atomic E-state index is -0.444. The molecule has 0 amide bonds. The average molecular weight is 291 g/mol. The zero-order valence-electron chi connectivity index (χ0n) is 11.0. The number of hydrogen-bond donors (Lipinski definition) is 0. The Morgan fingerprint density at radius 2 is 2.15 bits per heavy atom. The van der Waals surface area contributed by atoms with Gasteiger partial charge in [0.2, 0.25) is 0 Å². The molecule has 0 N–H and O–H groups in total. The topological polar surface area (TPSA) is 39.2 Å². The van der Waals surface area contributed by atoms with Crippen molar-refractivity contribution in [2.75, 3.05) is 0 Å². The van der Waals surface area contributed by atoms with Gasteiger partial charge in [0.1, 0.15) is 12.4 Å². The van der Waals surface area contributed by atoms with Gasteiger partial charge < -0.3 is 4.74 Å². The lowest BCUT2D eigenvalue weighted by molar-refractivity contribution is -0.139. The molecule has 1 heterocycles. The number of carbonyl (C=O) groups excluding carboxylic acids is 1. The Balaban J connectivity index is 1.84. The molecule has 0 unspecified atom stereocenters. The summed E-state index contributed by atoms with van der Waals surface area (Å²) in [5.41, 5.74) is 1.50. The second kappa shape index (κ2) is 6.96. The van der Waals surface area contributed by atoms with Gasteiger partial charge >= 0.3 is 5.97 Å². The van der Waals surface area contributed by atoms with Gasteiger partial charge in [-0.1, -0.05) is 19.1 Å². The summed E-state index contributed by atoms with van der Waals surface area (Å²) in [5, 5.41) is 2.91. The Labute approximate surface area is 120 Å². The summed E-state index contributed by atoms with van der Waals surface area (Å²) in [5.74, 6) is -0.750. The number of nitrogens with zero attached hydrogens (tertiary/aromatic N) is 1. The van der Waals surface area contributed by atoms with Crippen LogP contribution < -0.4 is 0 Å². The lowest BCUT2D eigenvalue weighted by Crippen LogP contribution is -2.01. The molecular formula is C15H14FNO2S. The highest BCUT2D eigenvalue weighted by molar-refractivity contribution is 7.09. The summed E-state index contributed by atoms with van der Waals surface area (Å²) in [6.07, 6.45) is 3.78. The minimum absolute atomic E-state index is 0.170. The number of esters is 1. The lowest BCUT2D eigenvalue weighted by Gasteiger charge is -1.98. The van der Waals surface area contributed by atoms with Gasteiger partial charge in [0.05, 0.1) is 10.7 Å². The third-order valence-corrected chi connectivity index (χ3v) is 3.59. The number of carbonyl (C=O) groups is 1. The van der Waals surface area contributed by atoms with Gasteiger partial charge in [-0.15, -0.1) is 11.3 Å². The maximum Gasteiger partial charge on any atom is 0.331 e. The number of thiazole rings is 1. The normalized spacial score (nSPS) is 10.9. The van der Waals surface area contributed by atoms with Crippen LogP contribution >= 0.6 is 11.3 Å². The van der Waals surface area contributed by atoms with Crippen molar-refractivity contribution in [3.8, 4) is 0 Å². The van der Waals surface area contributed by atoms with Gasteiger partial charge in [-0.3, -0.25) is 0 Å². The van der Waals surface area contributed by atoms with Crippen molar-refractivity contribution in [1.82, 2.24) is 4.98 Å². The predicted octanol–water partition coefficient (Wildman–Crippen LogP) is 3.60. The number of hydrogen-bond acceptors (Lipinski definition) is 4. The van der Waals surface area contributed by atoms with Gasteiger partial charge in [0, 0.05) is 11.5 Å². The van der Waals surface area contributed by atoms with Crippen LogP contribution in [0.5, 0.6) is 0 Å². The summed E-state index contributed by atoms with van der Waals surface area (Å²) in [7, 11) is 0. The van der Waals surface area contributed by atoms with E-state index in [2.05, 4.69) is 4.98 Å². The summed E-state index contributed by atoms with van der Waals surface area (Å²) in [6.45, 7) is 2.20. The van der Waals surface area contributed by atoms with Crippen LogP contribution in [0, 0.1) is 5.82 Å². The molecule has 0 radical (unpaired) electrons. The molecular weight excluding hydrogens is 277 g/mol. The van der Waals surface area contributed by atoms with E-state index < -0.39 is 5.97 Å². The number of ether oxygens (including phenoxy) is 1. The van der Waals surface area contributed by atoms with E-state index in [0.717, 1.165) is 22.7 Å². The zero-order chi connectivity index (χ0) is 14.4. The largest absolute Gasteiger partial charge is 0.456 e. The van der Waals surface area contributed by atoms with Crippen LogP contribution in [-0.2, 0) is 22.6 Å². The Morgan fingerprint density at radius 3 is 2.80 bits per heavy atom. The van der Waals surface area contributed by atoms with E-state index in [1.54, 1.807) is 29.5 Å².